The third-order valence-electron chi connectivity index (χ3n) is 8.02. The van der Waals surface area contributed by atoms with Crippen LogP contribution in [0.25, 0.3) is 0 Å². The minimum atomic E-state index is -0.223. The van der Waals surface area contributed by atoms with Crippen molar-refractivity contribution in [3.05, 3.63) is 143 Å². The van der Waals surface area contributed by atoms with Crippen LogP contribution in [0.1, 0.15) is 81.6 Å². The molecule has 2 atom stereocenters. The number of hydrogen-bond donors (Lipinski definition) is 1. The molecule has 220 valence electrons. The lowest BCUT2D eigenvalue weighted by atomic mass is 9.69. The molecule has 0 aliphatic heterocycles. The lowest BCUT2D eigenvalue weighted by Crippen LogP contribution is -2.28. The van der Waals surface area contributed by atoms with Crippen molar-refractivity contribution in [2.45, 2.75) is 87.7 Å². The van der Waals surface area contributed by atoms with E-state index >= 15 is 0 Å². The summed E-state index contributed by atoms with van der Waals surface area (Å²) in [4.78, 5) is 0. The smallest absolute Gasteiger partial charge is 0.0585 e. The summed E-state index contributed by atoms with van der Waals surface area (Å²) in [5.41, 5.74) is 8.91. The van der Waals surface area contributed by atoms with Crippen molar-refractivity contribution in [2.75, 3.05) is 0 Å². The summed E-state index contributed by atoms with van der Waals surface area (Å²) in [5, 5.41) is 10.1. The van der Waals surface area contributed by atoms with E-state index in [-0.39, 0.29) is 16.9 Å². The first-order chi connectivity index (χ1) is 19.2. The molecule has 41 heavy (non-hydrogen) atoms. The predicted molar refractivity (Wildman–Crippen MR) is 183 cm³/mol. The van der Waals surface area contributed by atoms with E-state index in [2.05, 4.69) is 166 Å². The van der Waals surface area contributed by atoms with Gasteiger partial charge in [-0.1, -0.05) is 159 Å². The average molecular weight is 551 g/mol. The quantitative estimate of drug-likeness (QED) is 0.268. The molecule has 0 saturated carbocycles. The lowest BCUT2D eigenvalue weighted by molar-refractivity contribution is 0.116. The van der Waals surface area contributed by atoms with Crippen molar-refractivity contribution < 1.29 is 5.11 Å². The molecule has 1 nitrogen and oxygen atoms in total. The number of aliphatic hydroxyl groups excluding tert-OH is 1. The largest absolute Gasteiger partial charge is 0.393 e. The summed E-state index contributed by atoms with van der Waals surface area (Å²) in [6.45, 7) is 24.0. The van der Waals surface area contributed by atoms with E-state index in [4.69, 9.17) is 0 Å². The number of rotatable bonds is 10. The van der Waals surface area contributed by atoms with Gasteiger partial charge in [0, 0.05) is 5.92 Å². The molecule has 0 amide bonds. The molecule has 2 aliphatic rings. The van der Waals surface area contributed by atoms with Gasteiger partial charge in [-0.25, -0.2) is 0 Å². The van der Waals surface area contributed by atoms with E-state index in [1.807, 2.05) is 0 Å². The molecule has 2 aliphatic carbocycles. The van der Waals surface area contributed by atoms with Crippen LogP contribution < -0.4 is 0 Å². The first-order valence-corrected chi connectivity index (χ1v) is 15.0. The van der Waals surface area contributed by atoms with Crippen LogP contribution in [0.5, 0.6) is 0 Å². The Morgan fingerprint density at radius 1 is 0.805 bits per heavy atom. The Hall–Kier alpha value is -3.16. The number of hydrogen-bond acceptors (Lipinski definition) is 1. The van der Waals surface area contributed by atoms with Gasteiger partial charge in [0.15, 0.2) is 0 Å². The SMILES string of the molecule is C=C1C=CCC(C)(C)[C@H]1/C=C/C(C)=C/C=C/C(C)=C/C=C/C=C(C)\C=C\C=C(C)\C=C\C1=C(C)C[C@@H](O)CC1(C)C. The molecular weight excluding hydrogens is 496 g/mol. The molecule has 0 spiro atoms. The Labute approximate surface area is 251 Å². The molecule has 0 saturated heterocycles. The topological polar surface area (TPSA) is 20.2 Å². The Bertz CT molecular complexity index is 1270. The fraction of sp³-hybridized carbons (Fsp3) is 0.400. The lowest BCUT2D eigenvalue weighted by Gasteiger charge is -2.35. The van der Waals surface area contributed by atoms with Gasteiger partial charge in [-0.2, -0.15) is 0 Å². The van der Waals surface area contributed by atoms with E-state index in [9.17, 15) is 5.11 Å². The van der Waals surface area contributed by atoms with Gasteiger partial charge in [-0.15, -0.1) is 0 Å². The van der Waals surface area contributed by atoms with Crippen molar-refractivity contribution in [3.8, 4) is 0 Å². The zero-order valence-electron chi connectivity index (χ0n) is 27.2. The van der Waals surface area contributed by atoms with Crippen LogP contribution in [0.15, 0.2) is 143 Å². The Morgan fingerprint density at radius 2 is 1.32 bits per heavy atom. The van der Waals surface area contributed by atoms with Gasteiger partial charge in [0.25, 0.3) is 0 Å². The van der Waals surface area contributed by atoms with Crippen LogP contribution in [0, 0.1) is 16.7 Å². The van der Waals surface area contributed by atoms with Gasteiger partial charge in [-0.3, -0.25) is 0 Å². The fourth-order valence-corrected chi connectivity index (χ4v) is 5.61. The fourth-order valence-electron chi connectivity index (χ4n) is 5.61. The molecule has 0 heterocycles. The van der Waals surface area contributed by atoms with Crippen LogP contribution in [-0.4, -0.2) is 11.2 Å². The average Bonchev–Trinajstić information content (AvgIpc) is 2.84. The maximum Gasteiger partial charge on any atom is 0.0585 e. The zero-order chi connectivity index (χ0) is 30.6. The van der Waals surface area contributed by atoms with Crippen LogP contribution >= 0.6 is 0 Å². The minimum Gasteiger partial charge on any atom is -0.393 e. The Morgan fingerprint density at radius 3 is 1.85 bits per heavy atom. The van der Waals surface area contributed by atoms with Crippen LogP contribution in [0.3, 0.4) is 0 Å². The van der Waals surface area contributed by atoms with Gasteiger partial charge in [0.2, 0.25) is 0 Å². The van der Waals surface area contributed by atoms with Crippen molar-refractivity contribution in [3.63, 3.8) is 0 Å². The second-order valence-electron chi connectivity index (χ2n) is 13.2. The van der Waals surface area contributed by atoms with Gasteiger partial charge in [0.05, 0.1) is 6.10 Å². The highest BCUT2D eigenvalue weighted by molar-refractivity contribution is 5.38. The molecule has 0 fully saturated rings. The van der Waals surface area contributed by atoms with Crippen molar-refractivity contribution in [1.29, 1.82) is 0 Å². The molecule has 0 radical (unpaired) electrons. The van der Waals surface area contributed by atoms with E-state index in [0.29, 0.717) is 5.92 Å². The van der Waals surface area contributed by atoms with Crippen molar-refractivity contribution >= 4 is 0 Å². The van der Waals surface area contributed by atoms with Gasteiger partial charge < -0.3 is 5.11 Å². The highest BCUT2D eigenvalue weighted by Gasteiger charge is 2.31. The summed E-state index contributed by atoms with van der Waals surface area (Å²) in [6.07, 6.45) is 37.0. The molecule has 0 unspecified atom stereocenters. The Balaban J connectivity index is 1.89. The molecule has 0 bridgehead atoms. The molecule has 1 heteroatoms. The van der Waals surface area contributed by atoms with Gasteiger partial charge >= 0.3 is 0 Å². The third-order valence-corrected chi connectivity index (χ3v) is 8.02. The van der Waals surface area contributed by atoms with E-state index in [0.717, 1.165) is 19.3 Å². The first-order valence-electron chi connectivity index (χ1n) is 15.0. The van der Waals surface area contributed by atoms with Crippen LogP contribution in [-0.2, 0) is 0 Å². The normalized spacial score (nSPS) is 24.9. The molecule has 1 N–H and O–H groups in total. The van der Waals surface area contributed by atoms with E-state index < -0.39 is 0 Å². The maximum absolute atomic E-state index is 10.1. The van der Waals surface area contributed by atoms with E-state index in [1.165, 1.54) is 39.0 Å². The second-order valence-corrected chi connectivity index (χ2v) is 13.2. The number of allylic oxidation sites excluding steroid dienone is 22. The molecular formula is C40H54O. The monoisotopic (exact) mass is 550 g/mol. The summed E-state index contributed by atoms with van der Waals surface area (Å²) in [7, 11) is 0. The predicted octanol–water partition coefficient (Wildman–Crippen LogP) is 11.2. The summed E-state index contributed by atoms with van der Waals surface area (Å²) >= 11 is 0. The third kappa shape index (κ3) is 11.7. The van der Waals surface area contributed by atoms with Crippen molar-refractivity contribution in [1.82, 2.24) is 0 Å². The minimum absolute atomic E-state index is 0.00983. The standard InChI is InChI=1S/C40H54O/c1-30(18-13-20-32(3)23-25-37-34(5)22-15-27-39(37,7)8)16-11-12-17-31(2)19-14-21-33(4)24-26-38-35(6)28-36(41)29-40(38,9)10/h11-26,36-37,41H,5,27-29H2,1-4,6-10H3/b12-11+,18-13+,19-14+,25-23+,26-24+,30-16+,31-17-,32-20+,33-21+/t36-,37+/m1/s1. The van der Waals surface area contributed by atoms with Gasteiger partial charge in [-0.05, 0) is 75.9 Å². The molecule has 0 aromatic rings. The maximum atomic E-state index is 10.1. The Kier molecular flexibility index (Phi) is 13.1. The van der Waals surface area contributed by atoms with Crippen LogP contribution in [0.2, 0.25) is 0 Å². The highest BCUT2D eigenvalue weighted by atomic mass is 16.3. The summed E-state index contributed by atoms with van der Waals surface area (Å²) in [6, 6.07) is 0. The highest BCUT2D eigenvalue weighted by Crippen LogP contribution is 2.41. The molecule has 0 aromatic carbocycles. The van der Waals surface area contributed by atoms with Crippen molar-refractivity contribution in [2.24, 2.45) is 16.7 Å². The molecule has 0 aromatic heterocycles. The number of aliphatic hydroxyl groups is 1. The van der Waals surface area contributed by atoms with Crippen LogP contribution in [0.4, 0.5) is 0 Å². The summed E-state index contributed by atoms with van der Waals surface area (Å²) in [5.74, 6) is 0.382. The van der Waals surface area contributed by atoms with E-state index in [1.54, 1.807) is 0 Å². The zero-order valence-corrected chi connectivity index (χ0v) is 27.2. The van der Waals surface area contributed by atoms with Gasteiger partial charge in [0.1, 0.15) is 0 Å². The molecule has 2 rings (SSSR count). The first kappa shape index (κ1) is 34.0. The summed E-state index contributed by atoms with van der Waals surface area (Å²) < 4.78 is 0. The second kappa shape index (κ2) is 15.7.